The highest BCUT2D eigenvalue weighted by Crippen LogP contribution is 2.41. The molecule has 0 saturated carbocycles. The fourth-order valence-corrected chi connectivity index (χ4v) is 4.51. The predicted octanol–water partition coefficient (Wildman–Crippen LogP) is 5.24. The molecule has 0 spiro atoms. The highest BCUT2D eigenvalue weighted by molar-refractivity contribution is 6.31. The second-order valence-electron chi connectivity index (χ2n) is 7.69. The zero-order valence-corrected chi connectivity index (χ0v) is 18.1. The summed E-state index contributed by atoms with van der Waals surface area (Å²) < 4.78 is 11.5. The molecule has 2 heterocycles. The lowest BCUT2D eigenvalue weighted by atomic mass is 9.97. The Kier molecular flexibility index (Phi) is 5.19. The highest BCUT2D eigenvalue weighted by Gasteiger charge is 2.43. The molecule has 1 atom stereocenters. The number of ether oxygens (including phenoxy) is 1. The maximum Gasteiger partial charge on any atom is 0.290 e. The molecular weight excluding hydrogens is 426 g/mol. The van der Waals surface area contributed by atoms with E-state index in [0.29, 0.717) is 40.3 Å². The molecule has 160 valence electrons. The third-order valence-corrected chi connectivity index (χ3v) is 6.08. The van der Waals surface area contributed by atoms with Crippen molar-refractivity contribution in [2.75, 3.05) is 13.7 Å². The molecule has 32 heavy (non-hydrogen) atoms. The van der Waals surface area contributed by atoms with Crippen LogP contribution in [0.25, 0.3) is 11.0 Å². The van der Waals surface area contributed by atoms with Gasteiger partial charge in [0, 0.05) is 17.1 Å². The number of nitrogens with zero attached hydrogens (tertiary/aromatic N) is 1. The molecule has 0 aliphatic carbocycles. The second-order valence-corrected chi connectivity index (χ2v) is 8.13. The smallest absolute Gasteiger partial charge is 0.290 e. The Morgan fingerprint density at radius 1 is 1.00 bits per heavy atom. The van der Waals surface area contributed by atoms with Crippen LogP contribution in [-0.2, 0) is 6.42 Å². The first-order valence-corrected chi connectivity index (χ1v) is 10.7. The van der Waals surface area contributed by atoms with Gasteiger partial charge >= 0.3 is 0 Å². The van der Waals surface area contributed by atoms with Crippen LogP contribution in [0.2, 0.25) is 5.02 Å². The van der Waals surface area contributed by atoms with Crippen LogP contribution >= 0.6 is 11.6 Å². The highest BCUT2D eigenvalue weighted by atomic mass is 35.5. The SMILES string of the molecule is COc1ccccc1C1c2c(oc3ccc(Cl)cc3c2=O)C(=O)N1CCc1ccccc1. The van der Waals surface area contributed by atoms with Crippen LogP contribution in [0.4, 0.5) is 0 Å². The number of amides is 1. The molecule has 3 aromatic carbocycles. The van der Waals surface area contributed by atoms with Gasteiger partial charge in [-0.3, -0.25) is 9.59 Å². The number of rotatable bonds is 5. The molecular formula is C26H20ClNO4. The van der Waals surface area contributed by atoms with Crippen LogP contribution in [0, 0.1) is 0 Å². The zero-order chi connectivity index (χ0) is 22.2. The first-order chi connectivity index (χ1) is 15.6. The van der Waals surface area contributed by atoms with Crippen molar-refractivity contribution in [1.82, 2.24) is 4.90 Å². The molecule has 1 aliphatic heterocycles. The maximum atomic E-state index is 13.6. The van der Waals surface area contributed by atoms with E-state index in [4.69, 9.17) is 20.8 Å². The summed E-state index contributed by atoms with van der Waals surface area (Å²) >= 11 is 6.14. The van der Waals surface area contributed by atoms with Crippen LogP contribution < -0.4 is 10.2 Å². The normalized spacial score (nSPS) is 15.2. The molecule has 6 heteroatoms. The Bertz CT molecular complexity index is 1380. The van der Waals surface area contributed by atoms with Gasteiger partial charge in [-0.05, 0) is 36.2 Å². The van der Waals surface area contributed by atoms with E-state index in [-0.39, 0.29) is 17.1 Å². The number of carbonyl (C=O) groups is 1. The Hall–Kier alpha value is -3.57. The number of para-hydroxylation sites is 1. The molecule has 0 N–H and O–H groups in total. The fourth-order valence-electron chi connectivity index (χ4n) is 4.33. The molecule has 0 fully saturated rings. The second kappa shape index (κ2) is 8.17. The van der Waals surface area contributed by atoms with Crippen LogP contribution in [0.3, 0.4) is 0 Å². The first-order valence-electron chi connectivity index (χ1n) is 10.3. The average molecular weight is 446 g/mol. The van der Waals surface area contributed by atoms with Crippen molar-refractivity contribution in [3.05, 3.63) is 110 Å². The average Bonchev–Trinajstić information content (AvgIpc) is 3.10. The molecule has 4 aromatic rings. The van der Waals surface area contributed by atoms with Gasteiger partial charge < -0.3 is 14.1 Å². The predicted molar refractivity (Wildman–Crippen MR) is 124 cm³/mol. The molecule has 0 radical (unpaired) electrons. The van der Waals surface area contributed by atoms with Crippen molar-refractivity contribution in [2.24, 2.45) is 0 Å². The van der Waals surface area contributed by atoms with E-state index in [1.807, 2.05) is 54.6 Å². The van der Waals surface area contributed by atoms with Gasteiger partial charge in [0.1, 0.15) is 11.3 Å². The van der Waals surface area contributed by atoms with E-state index in [1.165, 1.54) is 0 Å². The molecule has 0 saturated heterocycles. The van der Waals surface area contributed by atoms with Crippen LogP contribution in [0.1, 0.15) is 33.3 Å². The van der Waals surface area contributed by atoms with E-state index >= 15 is 0 Å². The lowest BCUT2D eigenvalue weighted by molar-refractivity contribution is 0.0729. The van der Waals surface area contributed by atoms with Crippen LogP contribution in [0.15, 0.2) is 82.0 Å². The monoisotopic (exact) mass is 445 g/mol. The summed E-state index contributed by atoms with van der Waals surface area (Å²) in [6.07, 6.45) is 0.645. The topological polar surface area (TPSA) is 59.8 Å². The first kappa shape index (κ1) is 20.3. The van der Waals surface area contributed by atoms with Crippen molar-refractivity contribution in [3.8, 4) is 5.75 Å². The number of hydrogen-bond acceptors (Lipinski definition) is 4. The summed E-state index contributed by atoms with van der Waals surface area (Å²) in [5.41, 5.74) is 2.25. The fraction of sp³-hybridized carbons (Fsp3) is 0.154. The number of hydrogen-bond donors (Lipinski definition) is 0. The summed E-state index contributed by atoms with van der Waals surface area (Å²) in [7, 11) is 1.58. The molecule has 5 nitrogen and oxygen atoms in total. The quantitative estimate of drug-likeness (QED) is 0.421. The van der Waals surface area contributed by atoms with Crippen molar-refractivity contribution in [2.45, 2.75) is 12.5 Å². The summed E-state index contributed by atoms with van der Waals surface area (Å²) in [6.45, 7) is 0.423. The third kappa shape index (κ3) is 3.35. The minimum atomic E-state index is -0.614. The van der Waals surface area contributed by atoms with Gasteiger partial charge in [0.15, 0.2) is 5.43 Å². The molecule has 1 unspecified atom stereocenters. The Morgan fingerprint density at radius 3 is 2.53 bits per heavy atom. The Morgan fingerprint density at radius 2 is 1.75 bits per heavy atom. The lowest BCUT2D eigenvalue weighted by Crippen LogP contribution is -2.31. The van der Waals surface area contributed by atoms with Gasteiger partial charge in [-0.1, -0.05) is 60.1 Å². The molecule has 5 rings (SSSR count). The van der Waals surface area contributed by atoms with Crippen molar-refractivity contribution >= 4 is 28.5 Å². The molecule has 1 aromatic heterocycles. The van der Waals surface area contributed by atoms with E-state index in [2.05, 4.69) is 0 Å². The zero-order valence-electron chi connectivity index (χ0n) is 17.4. The number of benzene rings is 3. The molecule has 1 amide bonds. The third-order valence-electron chi connectivity index (χ3n) is 5.85. The van der Waals surface area contributed by atoms with Crippen molar-refractivity contribution < 1.29 is 13.9 Å². The standard InChI is InChI=1S/C26H20ClNO4/c1-31-20-10-6-5-9-18(20)23-22-24(29)19-15-17(27)11-12-21(19)32-25(22)26(30)28(23)14-13-16-7-3-2-4-8-16/h2-12,15,23H,13-14H2,1H3. The van der Waals surface area contributed by atoms with Gasteiger partial charge in [0.25, 0.3) is 5.91 Å². The van der Waals surface area contributed by atoms with Gasteiger partial charge in [0.05, 0.1) is 24.1 Å². The molecule has 1 aliphatic rings. The van der Waals surface area contributed by atoms with Gasteiger partial charge in [0.2, 0.25) is 5.76 Å². The van der Waals surface area contributed by atoms with Crippen molar-refractivity contribution in [3.63, 3.8) is 0 Å². The maximum absolute atomic E-state index is 13.6. The summed E-state index contributed by atoms with van der Waals surface area (Å²) in [6, 6.07) is 21.6. The van der Waals surface area contributed by atoms with Gasteiger partial charge in [-0.2, -0.15) is 0 Å². The van der Waals surface area contributed by atoms with Gasteiger partial charge in [-0.15, -0.1) is 0 Å². The van der Waals surface area contributed by atoms with Gasteiger partial charge in [-0.25, -0.2) is 0 Å². The van der Waals surface area contributed by atoms with E-state index in [9.17, 15) is 9.59 Å². The van der Waals surface area contributed by atoms with E-state index in [0.717, 1.165) is 11.1 Å². The van der Waals surface area contributed by atoms with Crippen LogP contribution in [-0.4, -0.2) is 24.5 Å². The molecule has 0 bridgehead atoms. The minimum absolute atomic E-state index is 0.0776. The minimum Gasteiger partial charge on any atom is -0.496 e. The number of methoxy groups -OCH3 is 1. The number of carbonyl (C=O) groups excluding carboxylic acids is 1. The summed E-state index contributed by atoms with van der Waals surface area (Å²) in [5, 5.41) is 0.790. The Balaban J connectivity index is 1.69. The largest absolute Gasteiger partial charge is 0.496 e. The number of fused-ring (bicyclic) bond motifs is 2. The van der Waals surface area contributed by atoms with Crippen molar-refractivity contribution in [1.29, 1.82) is 0 Å². The van der Waals surface area contributed by atoms with Crippen LogP contribution in [0.5, 0.6) is 5.75 Å². The van der Waals surface area contributed by atoms with E-state index < -0.39 is 6.04 Å². The number of halogens is 1. The summed E-state index contributed by atoms with van der Waals surface area (Å²) in [5.74, 6) is 0.378. The van der Waals surface area contributed by atoms with E-state index in [1.54, 1.807) is 30.2 Å². The lowest BCUT2D eigenvalue weighted by Gasteiger charge is -2.26. The summed E-state index contributed by atoms with van der Waals surface area (Å²) in [4.78, 5) is 28.8. The Labute approximate surface area is 189 Å².